The Morgan fingerprint density at radius 3 is 2.65 bits per heavy atom. The Morgan fingerprint density at radius 2 is 1.91 bits per heavy atom. The van der Waals surface area contributed by atoms with Crippen LogP contribution in [0.3, 0.4) is 0 Å². The zero-order valence-corrected chi connectivity index (χ0v) is 15.1. The van der Waals surface area contributed by atoms with Crippen molar-refractivity contribution >= 4 is 28.2 Å². The van der Waals surface area contributed by atoms with Gasteiger partial charge in [0, 0.05) is 19.5 Å². The van der Waals surface area contributed by atoms with Gasteiger partial charge in [0.05, 0.1) is 10.6 Å². The van der Waals surface area contributed by atoms with Crippen molar-refractivity contribution in [3.05, 3.63) is 29.3 Å². The van der Waals surface area contributed by atoms with E-state index >= 15 is 0 Å². The molecule has 0 saturated heterocycles. The number of aryl methyl sites for hydroxylation is 2. The third-order valence-corrected chi connectivity index (χ3v) is 5.61. The van der Waals surface area contributed by atoms with Gasteiger partial charge in [-0.15, -0.1) is 12.4 Å². The molecule has 1 aromatic rings. The van der Waals surface area contributed by atoms with Gasteiger partial charge in [0.1, 0.15) is 0 Å². The largest absolute Gasteiger partial charge is 0.355 e. The monoisotopic (exact) mass is 360 g/mol. The molecule has 0 aromatic heterocycles. The van der Waals surface area contributed by atoms with Gasteiger partial charge in [-0.25, -0.2) is 8.42 Å². The second-order valence-corrected chi connectivity index (χ2v) is 7.67. The van der Waals surface area contributed by atoms with Crippen molar-refractivity contribution in [1.29, 1.82) is 0 Å². The normalized spacial score (nSPS) is 13.3. The van der Waals surface area contributed by atoms with E-state index in [1.807, 2.05) is 13.0 Å². The number of carbonyl (C=O) groups excluding carboxylic acids is 1. The molecule has 5 nitrogen and oxygen atoms in total. The lowest BCUT2D eigenvalue weighted by Crippen LogP contribution is -2.32. The van der Waals surface area contributed by atoms with E-state index < -0.39 is 9.84 Å². The predicted octanol–water partition coefficient (Wildman–Crippen LogP) is 1.49. The average molecular weight is 361 g/mol. The van der Waals surface area contributed by atoms with Crippen molar-refractivity contribution < 1.29 is 13.2 Å². The van der Waals surface area contributed by atoms with Crippen LogP contribution >= 0.6 is 12.4 Å². The Balaban J connectivity index is 0.00000264. The molecule has 1 aromatic carbocycles. The Labute approximate surface area is 144 Å². The van der Waals surface area contributed by atoms with Crippen molar-refractivity contribution in [1.82, 2.24) is 10.6 Å². The van der Waals surface area contributed by atoms with Crippen LogP contribution in [0.5, 0.6) is 0 Å². The molecular weight excluding hydrogens is 336 g/mol. The number of amides is 1. The molecule has 0 spiro atoms. The predicted molar refractivity (Wildman–Crippen MR) is 93.9 cm³/mol. The number of nitrogens with one attached hydrogen (secondary N) is 2. The first-order valence-electron chi connectivity index (χ1n) is 7.85. The molecule has 0 bridgehead atoms. The first-order chi connectivity index (χ1) is 10.5. The maximum absolute atomic E-state index is 12.3. The molecule has 0 aliphatic heterocycles. The highest BCUT2D eigenvalue weighted by Gasteiger charge is 2.19. The quantitative estimate of drug-likeness (QED) is 0.689. The van der Waals surface area contributed by atoms with Gasteiger partial charge in [-0.1, -0.05) is 13.0 Å². The van der Waals surface area contributed by atoms with Gasteiger partial charge in [-0.2, -0.15) is 0 Å². The van der Waals surface area contributed by atoms with Crippen LogP contribution in [0.25, 0.3) is 0 Å². The topological polar surface area (TPSA) is 75.3 Å². The summed E-state index contributed by atoms with van der Waals surface area (Å²) in [6.07, 6.45) is 3.08. The minimum Gasteiger partial charge on any atom is -0.355 e. The molecule has 7 heteroatoms. The number of hydrogen-bond donors (Lipinski definition) is 2. The third-order valence-electron chi connectivity index (χ3n) is 3.90. The van der Waals surface area contributed by atoms with Gasteiger partial charge in [-0.05, 0) is 49.1 Å². The number of benzene rings is 1. The van der Waals surface area contributed by atoms with E-state index in [1.165, 1.54) is 5.56 Å². The highest BCUT2D eigenvalue weighted by atomic mass is 35.5. The van der Waals surface area contributed by atoms with Gasteiger partial charge in [0.25, 0.3) is 0 Å². The fraction of sp³-hybridized carbons (Fsp3) is 0.562. The SMILES string of the molecule is CCNCCNC(=O)CCS(=O)(=O)c1ccc2c(c1)CCC2.Cl. The summed E-state index contributed by atoms with van der Waals surface area (Å²) >= 11 is 0. The lowest BCUT2D eigenvalue weighted by Gasteiger charge is -2.08. The maximum atomic E-state index is 12.3. The lowest BCUT2D eigenvalue weighted by molar-refractivity contribution is -0.120. The summed E-state index contributed by atoms with van der Waals surface area (Å²) in [5, 5.41) is 5.81. The van der Waals surface area contributed by atoms with E-state index in [4.69, 9.17) is 0 Å². The van der Waals surface area contributed by atoms with E-state index in [0.29, 0.717) is 18.0 Å². The van der Waals surface area contributed by atoms with Crippen LogP contribution in [0.2, 0.25) is 0 Å². The zero-order valence-electron chi connectivity index (χ0n) is 13.4. The van der Waals surface area contributed by atoms with Crippen molar-refractivity contribution in [2.24, 2.45) is 0 Å². The van der Waals surface area contributed by atoms with Crippen molar-refractivity contribution in [2.75, 3.05) is 25.4 Å². The fourth-order valence-electron chi connectivity index (χ4n) is 2.64. The minimum absolute atomic E-state index is 0. The molecule has 0 radical (unpaired) electrons. The number of carbonyl (C=O) groups is 1. The molecule has 130 valence electrons. The Kier molecular flexibility index (Phi) is 8.02. The molecule has 0 atom stereocenters. The molecule has 1 aliphatic carbocycles. The smallest absolute Gasteiger partial charge is 0.221 e. The van der Waals surface area contributed by atoms with Gasteiger partial charge in [-0.3, -0.25) is 4.79 Å². The van der Waals surface area contributed by atoms with E-state index in [1.54, 1.807) is 12.1 Å². The average Bonchev–Trinajstić information content (AvgIpc) is 2.97. The second kappa shape index (κ2) is 9.25. The van der Waals surface area contributed by atoms with E-state index in [0.717, 1.165) is 31.4 Å². The van der Waals surface area contributed by atoms with Crippen LogP contribution in [-0.4, -0.2) is 39.7 Å². The molecule has 2 N–H and O–H groups in total. The Morgan fingerprint density at radius 1 is 1.17 bits per heavy atom. The highest BCUT2D eigenvalue weighted by Crippen LogP contribution is 2.25. The summed E-state index contributed by atoms with van der Waals surface area (Å²) in [7, 11) is -3.39. The minimum atomic E-state index is -3.39. The molecule has 2 rings (SSSR count). The lowest BCUT2D eigenvalue weighted by atomic mass is 10.1. The maximum Gasteiger partial charge on any atom is 0.221 e. The van der Waals surface area contributed by atoms with Gasteiger partial charge < -0.3 is 10.6 Å². The van der Waals surface area contributed by atoms with Gasteiger partial charge in [0.15, 0.2) is 9.84 Å². The van der Waals surface area contributed by atoms with Crippen LogP contribution in [0.15, 0.2) is 23.1 Å². The number of hydrogen-bond acceptors (Lipinski definition) is 4. The molecule has 23 heavy (non-hydrogen) atoms. The molecule has 0 heterocycles. The zero-order chi connectivity index (χ0) is 16.0. The summed E-state index contributed by atoms with van der Waals surface area (Å²) in [5.41, 5.74) is 2.39. The second-order valence-electron chi connectivity index (χ2n) is 5.56. The van der Waals surface area contributed by atoms with Crippen LogP contribution in [0, 0.1) is 0 Å². The molecular formula is C16H25ClN2O3S. The molecule has 0 saturated carbocycles. The summed E-state index contributed by atoms with van der Waals surface area (Å²) in [6, 6.07) is 5.36. The van der Waals surface area contributed by atoms with Gasteiger partial charge >= 0.3 is 0 Å². The Hall–Kier alpha value is -1.11. The van der Waals surface area contributed by atoms with E-state index in [2.05, 4.69) is 10.6 Å². The van der Waals surface area contributed by atoms with E-state index in [-0.39, 0.29) is 30.5 Å². The highest BCUT2D eigenvalue weighted by molar-refractivity contribution is 7.91. The number of fused-ring (bicyclic) bond motifs is 1. The third kappa shape index (κ3) is 5.79. The van der Waals surface area contributed by atoms with Crippen LogP contribution in [-0.2, 0) is 27.5 Å². The fourth-order valence-corrected chi connectivity index (χ4v) is 3.93. The standard InChI is InChI=1S/C16H24N2O3S.ClH/c1-2-17-9-10-18-16(19)8-11-22(20,21)15-7-6-13-4-3-5-14(13)12-15;/h6-7,12,17H,2-5,8-11H2,1H3,(H,18,19);1H. The number of halogens is 1. The molecule has 0 fully saturated rings. The summed E-state index contributed by atoms with van der Waals surface area (Å²) in [6.45, 7) is 4.05. The first kappa shape index (κ1) is 19.9. The van der Waals surface area contributed by atoms with Crippen molar-refractivity contribution in [3.8, 4) is 0 Å². The number of sulfone groups is 1. The van der Waals surface area contributed by atoms with Crippen LogP contribution < -0.4 is 10.6 Å². The summed E-state index contributed by atoms with van der Waals surface area (Å²) < 4.78 is 24.6. The number of likely N-dealkylation sites (N-methyl/N-ethyl adjacent to an activating group) is 1. The summed E-state index contributed by atoms with van der Waals surface area (Å²) in [5.74, 6) is -0.360. The van der Waals surface area contributed by atoms with Crippen molar-refractivity contribution in [2.45, 2.75) is 37.5 Å². The van der Waals surface area contributed by atoms with E-state index in [9.17, 15) is 13.2 Å². The van der Waals surface area contributed by atoms with Crippen LogP contribution in [0.1, 0.15) is 30.9 Å². The molecule has 1 aliphatic rings. The molecule has 1 amide bonds. The van der Waals surface area contributed by atoms with Gasteiger partial charge in [0.2, 0.25) is 5.91 Å². The number of rotatable bonds is 8. The van der Waals surface area contributed by atoms with Crippen molar-refractivity contribution in [3.63, 3.8) is 0 Å². The summed E-state index contributed by atoms with van der Waals surface area (Å²) in [4.78, 5) is 12.0. The Bertz CT molecular complexity index is 632. The van der Waals surface area contributed by atoms with Crippen LogP contribution in [0.4, 0.5) is 0 Å². The molecule has 0 unspecified atom stereocenters. The first-order valence-corrected chi connectivity index (χ1v) is 9.50.